The summed E-state index contributed by atoms with van der Waals surface area (Å²) in [6.45, 7) is -0.791. The van der Waals surface area contributed by atoms with Gasteiger partial charge in [-0.2, -0.15) is 0 Å². The minimum Gasteiger partial charge on any atom is -0.497 e. The Labute approximate surface area is 153 Å². The summed E-state index contributed by atoms with van der Waals surface area (Å²) in [6.07, 6.45) is 0. The molecule has 1 aromatic carbocycles. The Morgan fingerprint density at radius 2 is 1.78 bits per heavy atom. The standard InChI is InChI=1S/C15H15N3O8S/c1-24-10-4-2-9(3-5-10)17-15(21)18-12(19)8-25-14(20)11-6-7-13(26-11)27(16,22)23/h2-7H,8H2,1H3,(H2,16,22,23)(H2,17,18,19,21). The zero-order chi connectivity index (χ0) is 20.0. The molecule has 2 rings (SSSR count). The van der Waals surface area contributed by atoms with Gasteiger partial charge in [0, 0.05) is 5.69 Å². The smallest absolute Gasteiger partial charge is 0.374 e. The molecule has 1 heterocycles. The molecule has 11 nitrogen and oxygen atoms in total. The van der Waals surface area contributed by atoms with E-state index >= 15 is 0 Å². The molecule has 0 unspecified atom stereocenters. The van der Waals surface area contributed by atoms with Gasteiger partial charge in [0.1, 0.15) is 5.75 Å². The van der Waals surface area contributed by atoms with Crippen molar-refractivity contribution >= 4 is 33.6 Å². The van der Waals surface area contributed by atoms with Crippen molar-refractivity contribution in [3.05, 3.63) is 42.2 Å². The predicted octanol–water partition coefficient (Wildman–Crippen LogP) is 0.441. The van der Waals surface area contributed by atoms with E-state index in [1.807, 2.05) is 5.32 Å². The molecule has 0 aliphatic rings. The summed E-state index contributed by atoms with van der Waals surface area (Å²) in [7, 11) is -2.62. The fourth-order valence-electron chi connectivity index (χ4n) is 1.78. The topological polar surface area (TPSA) is 167 Å². The van der Waals surface area contributed by atoms with Crippen LogP contribution in [0.25, 0.3) is 0 Å². The van der Waals surface area contributed by atoms with E-state index in [1.54, 1.807) is 24.3 Å². The lowest BCUT2D eigenvalue weighted by atomic mass is 10.3. The molecule has 0 saturated carbocycles. The predicted molar refractivity (Wildman–Crippen MR) is 90.5 cm³/mol. The molecule has 0 spiro atoms. The Balaban J connectivity index is 1.81. The minimum absolute atomic E-state index is 0.407. The van der Waals surface area contributed by atoms with Gasteiger partial charge in [-0.1, -0.05) is 0 Å². The molecule has 2 aromatic rings. The van der Waals surface area contributed by atoms with Gasteiger partial charge in [0.25, 0.3) is 15.9 Å². The number of esters is 1. The van der Waals surface area contributed by atoms with Crippen molar-refractivity contribution < 1.29 is 36.7 Å². The van der Waals surface area contributed by atoms with E-state index in [-0.39, 0.29) is 0 Å². The summed E-state index contributed by atoms with van der Waals surface area (Å²) in [5.74, 6) is -1.88. The lowest BCUT2D eigenvalue weighted by Gasteiger charge is -2.07. The number of primary sulfonamides is 1. The molecule has 12 heteroatoms. The minimum atomic E-state index is -4.11. The maximum Gasteiger partial charge on any atom is 0.374 e. The monoisotopic (exact) mass is 397 g/mol. The number of nitrogens with two attached hydrogens (primary N) is 1. The molecule has 0 radical (unpaired) electrons. The molecule has 0 bridgehead atoms. The molecule has 0 aliphatic carbocycles. The van der Waals surface area contributed by atoms with Crippen LogP contribution in [-0.4, -0.2) is 40.0 Å². The lowest BCUT2D eigenvalue weighted by molar-refractivity contribution is -0.123. The van der Waals surface area contributed by atoms with Crippen LogP contribution in [0, 0.1) is 0 Å². The van der Waals surface area contributed by atoms with E-state index in [4.69, 9.17) is 14.3 Å². The van der Waals surface area contributed by atoms with E-state index in [0.717, 1.165) is 12.1 Å². The number of hydrogen-bond acceptors (Lipinski definition) is 8. The number of carbonyl (C=O) groups is 3. The van der Waals surface area contributed by atoms with Gasteiger partial charge >= 0.3 is 12.0 Å². The highest BCUT2D eigenvalue weighted by atomic mass is 32.2. The fourth-order valence-corrected chi connectivity index (χ4v) is 2.25. The number of benzene rings is 1. The second-order valence-corrected chi connectivity index (χ2v) is 6.46. The van der Waals surface area contributed by atoms with E-state index in [2.05, 4.69) is 10.1 Å². The van der Waals surface area contributed by atoms with Crippen LogP contribution in [0.3, 0.4) is 0 Å². The third-order valence-corrected chi connectivity index (χ3v) is 3.78. The molecule has 3 amide bonds. The summed E-state index contributed by atoms with van der Waals surface area (Å²) < 4.78 is 36.4. The number of rotatable bonds is 6. The van der Waals surface area contributed by atoms with E-state index in [1.165, 1.54) is 7.11 Å². The zero-order valence-corrected chi connectivity index (χ0v) is 14.7. The SMILES string of the molecule is COc1ccc(NC(=O)NC(=O)COC(=O)c2ccc(S(N)(=O)=O)o2)cc1. The van der Waals surface area contributed by atoms with Crippen LogP contribution in [0.1, 0.15) is 10.6 Å². The number of hydrogen-bond donors (Lipinski definition) is 3. The maximum atomic E-state index is 11.7. The van der Waals surface area contributed by atoms with Gasteiger partial charge in [-0.05, 0) is 36.4 Å². The number of sulfonamides is 1. The number of methoxy groups -OCH3 is 1. The Hall–Kier alpha value is -3.38. The number of urea groups is 1. The lowest BCUT2D eigenvalue weighted by Crippen LogP contribution is -2.37. The van der Waals surface area contributed by atoms with Crippen molar-refractivity contribution in [1.82, 2.24) is 5.32 Å². The van der Waals surface area contributed by atoms with E-state index < -0.39 is 45.4 Å². The van der Waals surface area contributed by atoms with Gasteiger partial charge in [0.2, 0.25) is 10.9 Å². The Morgan fingerprint density at radius 1 is 1.11 bits per heavy atom. The van der Waals surface area contributed by atoms with Crippen LogP contribution in [0.2, 0.25) is 0 Å². The molecular formula is C15H15N3O8S. The van der Waals surface area contributed by atoms with Crippen LogP contribution in [-0.2, 0) is 19.6 Å². The molecule has 0 fully saturated rings. The highest BCUT2D eigenvalue weighted by Crippen LogP contribution is 2.15. The first-order valence-electron chi connectivity index (χ1n) is 7.23. The van der Waals surface area contributed by atoms with Crippen LogP contribution in [0.15, 0.2) is 45.9 Å². The molecule has 144 valence electrons. The second kappa shape index (κ2) is 8.33. The van der Waals surface area contributed by atoms with Gasteiger partial charge in [-0.3, -0.25) is 10.1 Å². The average molecular weight is 397 g/mol. The first kappa shape index (κ1) is 19.9. The molecule has 0 saturated heterocycles. The molecular weight excluding hydrogens is 382 g/mol. The molecule has 0 aliphatic heterocycles. The van der Waals surface area contributed by atoms with Crippen LogP contribution in [0.4, 0.5) is 10.5 Å². The molecule has 0 atom stereocenters. The normalized spacial score (nSPS) is 10.7. The highest BCUT2D eigenvalue weighted by Gasteiger charge is 2.19. The molecule has 27 heavy (non-hydrogen) atoms. The summed E-state index contributed by atoms with van der Waals surface area (Å²) >= 11 is 0. The quantitative estimate of drug-likeness (QED) is 0.590. The van der Waals surface area contributed by atoms with Crippen molar-refractivity contribution in [3.8, 4) is 5.75 Å². The second-order valence-electron chi connectivity index (χ2n) is 4.97. The number of amides is 3. The average Bonchev–Trinajstić information content (AvgIpc) is 3.11. The Morgan fingerprint density at radius 3 is 2.33 bits per heavy atom. The molecule has 1 aromatic heterocycles. The van der Waals surface area contributed by atoms with Crippen molar-refractivity contribution in [3.63, 3.8) is 0 Å². The van der Waals surface area contributed by atoms with Gasteiger partial charge in [-0.15, -0.1) is 0 Å². The number of imide groups is 1. The van der Waals surface area contributed by atoms with E-state index in [0.29, 0.717) is 11.4 Å². The Bertz CT molecular complexity index is 950. The largest absolute Gasteiger partial charge is 0.497 e. The third kappa shape index (κ3) is 5.83. The molecule has 4 N–H and O–H groups in total. The van der Waals surface area contributed by atoms with Gasteiger partial charge in [-0.25, -0.2) is 23.1 Å². The van der Waals surface area contributed by atoms with Gasteiger partial charge in [0.05, 0.1) is 7.11 Å². The van der Waals surface area contributed by atoms with Crippen molar-refractivity contribution in [2.45, 2.75) is 5.09 Å². The maximum absolute atomic E-state index is 11.7. The number of ether oxygens (including phenoxy) is 2. The van der Waals surface area contributed by atoms with Crippen molar-refractivity contribution in [2.24, 2.45) is 5.14 Å². The summed E-state index contributed by atoms with van der Waals surface area (Å²) in [5, 5.41) is 8.56. The zero-order valence-electron chi connectivity index (χ0n) is 13.9. The van der Waals surface area contributed by atoms with Gasteiger partial charge in [0.15, 0.2) is 6.61 Å². The Kier molecular flexibility index (Phi) is 6.15. The summed E-state index contributed by atoms with van der Waals surface area (Å²) in [6, 6.07) is 7.49. The fraction of sp³-hybridized carbons (Fsp3) is 0.133. The van der Waals surface area contributed by atoms with Crippen molar-refractivity contribution in [2.75, 3.05) is 19.0 Å². The number of furan rings is 1. The summed E-state index contributed by atoms with van der Waals surface area (Å²) in [5.41, 5.74) is 0.407. The van der Waals surface area contributed by atoms with Crippen molar-refractivity contribution in [1.29, 1.82) is 0 Å². The van der Waals surface area contributed by atoms with Gasteiger partial charge < -0.3 is 19.2 Å². The van der Waals surface area contributed by atoms with Crippen LogP contribution < -0.4 is 20.5 Å². The third-order valence-electron chi connectivity index (χ3n) is 3.00. The first-order chi connectivity index (χ1) is 12.7. The van der Waals surface area contributed by atoms with E-state index in [9.17, 15) is 22.8 Å². The van der Waals surface area contributed by atoms with Crippen LogP contribution >= 0.6 is 0 Å². The summed E-state index contributed by atoms with van der Waals surface area (Å²) in [4.78, 5) is 35.0. The van der Waals surface area contributed by atoms with Crippen LogP contribution in [0.5, 0.6) is 5.75 Å². The first-order valence-corrected chi connectivity index (χ1v) is 8.78. The number of anilines is 1. The number of nitrogens with one attached hydrogen (secondary N) is 2. The number of carbonyl (C=O) groups excluding carboxylic acids is 3. The highest BCUT2D eigenvalue weighted by molar-refractivity contribution is 7.89.